The minimum absolute atomic E-state index is 0.371. The van der Waals surface area contributed by atoms with Crippen LogP contribution in [0.4, 0.5) is 18.9 Å². The second-order valence-corrected chi connectivity index (χ2v) is 4.21. The summed E-state index contributed by atoms with van der Waals surface area (Å²) in [6.07, 6.45) is -5.99. The summed E-state index contributed by atoms with van der Waals surface area (Å²) in [5.74, 6) is -0.409. The zero-order valence-electron chi connectivity index (χ0n) is 11.0. The van der Waals surface area contributed by atoms with Crippen molar-refractivity contribution >= 4 is 11.6 Å². The van der Waals surface area contributed by atoms with E-state index in [4.69, 9.17) is 4.74 Å². The predicted octanol–water partition coefficient (Wildman–Crippen LogP) is 3.59. The smallest absolute Gasteiger partial charge is 0.397 e. The topological polar surface area (TPSA) is 38.3 Å². The van der Waals surface area contributed by atoms with E-state index < -0.39 is 18.5 Å². The number of carbonyl (C=O) groups is 1. The molecule has 0 unspecified atom stereocenters. The average molecular weight is 275 g/mol. The molecule has 0 saturated carbocycles. The molecule has 0 heterocycles. The highest BCUT2D eigenvalue weighted by Gasteiger charge is 2.31. The Balaban J connectivity index is 2.85. The summed E-state index contributed by atoms with van der Waals surface area (Å²) < 4.78 is 41.6. The number of nitrogens with one attached hydrogen (secondary N) is 1. The molecule has 19 heavy (non-hydrogen) atoms. The zero-order valence-corrected chi connectivity index (χ0v) is 11.0. The van der Waals surface area contributed by atoms with Gasteiger partial charge in [0, 0.05) is 5.69 Å². The van der Waals surface area contributed by atoms with Gasteiger partial charge < -0.3 is 10.1 Å². The minimum Gasteiger partial charge on any atom is -0.494 e. The molecule has 3 nitrogen and oxygen atoms in total. The van der Waals surface area contributed by atoms with Gasteiger partial charge in [-0.2, -0.15) is 13.2 Å². The van der Waals surface area contributed by atoms with Crippen molar-refractivity contribution in [3.05, 3.63) is 23.3 Å². The fraction of sp³-hybridized carbons (Fsp3) is 0.462. The third-order valence-electron chi connectivity index (χ3n) is 2.46. The van der Waals surface area contributed by atoms with Gasteiger partial charge in [0.2, 0.25) is 5.91 Å². The lowest BCUT2D eigenvalue weighted by molar-refractivity contribution is -0.150. The maximum absolute atomic E-state index is 12.1. The van der Waals surface area contributed by atoms with Crippen LogP contribution in [0.2, 0.25) is 0 Å². The van der Waals surface area contributed by atoms with Crippen molar-refractivity contribution < 1.29 is 22.7 Å². The number of benzene rings is 1. The molecule has 0 aliphatic rings. The van der Waals surface area contributed by atoms with Crippen LogP contribution in [0.3, 0.4) is 0 Å². The molecule has 0 saturated heterocycles. The fourth-order valence-electron chi connectivity index (χ4n) is 1.61. The van der Waals surface area contributed by atoms with E-state index >= 15 is 0 Å². The molecule has 0 aliphatic heterocycles. The van der Waals surface area contributed by atoms with Crippen molar-refractivity contribution in [2.24, 2.45) is 0 Å². The number of rotatable bonds is 4. The normalized spacial score (nSPS) is 11.3. The summed E-state index contributed by atoms with van der Waals surface area (Å²) in [7, 11) is 0. The van der Waals surface area contributed by atoms with E-state index in [0.717, 1.165) is 5.56 Å². The molecule has 1 amide bonds. The Hall–Kier alpha value is -1.72. The van der Waals surface area contributed by atoms with Gasteiger partial charge in [-0.1, -0.05) is 0 Å². The molecule has 0 radical (unpaired) electrons. The van der Waals surface area contributed by atoms with Gasteiger partial charge >= 0.3 is 6.18 Å². The number of ether oxygens (including phenoxy) is 1. The summed E-state index contributed by atoms with van der Waals surface area (Å²) in [6, 6.07) is 3.30. The van der Waals surface area contributed by atoms with Crippen LogP contribution in [-0.4, -0.2) is 18.7 Å². The predicted molar refractivity (Wildman–Crippen MR) is 66.4 cm³/mol. The monoisotopic (exact) mass is 275 g/mol. The van der Waals surface area contributed by atoms with Crippen LogP contribution in [0.5, 0.6) is 5.75 Å². The molecule has 1 aromatic carbocycles. The van der Waals surface area contributed by atoms with Crippen molar-refractivity contribution in [2.75, 3.05) is 11.9 Å². The van der Waals surface area contributed by atoms with Gasteiger partial charge in [0.05, 0.1) is 6.61 Å². The number of anilines is 1. The Morgan fingerprint density at radius 3 is 2.42 bits per heavy atom. The summed E-state index contributed by atoms with van der Waals surface area (Å²) in [6.45, 7) is 5.81. The van der Waals surface area contributed by atoms with Crippen molar-refractivity contribution in [3.63, 3.8) is 0 Å². The SMILES string of the molecule is CCOc1cc(C)c(NC(=O)CC(F)(F)F)cc1C. The Bertz CT molecular complexity index is 470. The second kappa shape index (κ2) is 5.95. The summed E-state index contributed by atoms with van der Waals surface area (Å²) in [5.41, 5.74) is 1.79. The van der Waals surface area contributed by atoms with Crippen molar-refractivity contribution in [1.82, 2.24) is 0 Å². The van der Waals surface area contributed by atoms with Gasteiger partial charge in [0.1, 0.15) is 12.2 Å². The molecule has 0 fully saturated rings. The standard InChI is InChI=1S/C13H16F3NO2/c1-4-19-11-6-8(2)10(5-9(11)3)17-12(18)7-13(14,15)16/h5-6H,4,7H2,1-3H3,(H,17,18). The molecule has 1 aromatic rings. The first-order valence-corrected chi connectivity index (χ1v) is 5.83. The van der Waals surface area contributed by atoms with Crippen LogP contribution in [0.15, 0.2) is 12.1 Å². The van der Waals surface area contributed by atoms with Gasteiger partial charge in [-0.25, -0.2) is 0 Å². The van der Waals surface area contributed by atoms with Crippen LogP contribution in [0.25, 0.3) is 0 Å². The molecule has 106 valence electrons. The van der Waals surface area contributed by atoms with Crippen molar-refractivity contribution in [3.8, 4) is 5.75 Å². The number of hydrogen-bond donors (Lipinski definition) is 1. The zero-order chi connectivity index (χ0) is 14.6. The van der Waals surface area contributed by atoms with E-state index in [2.05, 4.69) is 5.32 Å². The molecule has 0 spiro atoms. The van der Waals surface area contributed by atoms with E-state index in [1.807, 2.05) is 6.92 Å². The number of halogens is 3. The largest absolute Gasteiger partial charge is 0.494 e. The first-order chi connectivity index (χ1) is 8.73. The maximum Gasteiger partial charge on any atom is 0.397 e. The summed E-state index contributed by atoms with van der Waals surface area (Å²) >= 11 is 0. The summed E-state index contributed by atoms with van der Waals surface area (Å²) in [5, 5.41) is 2.26. The molecule has 6 heteroatoms. The van der Waals surface area contributed by atoms with Crippen LogP contribution in [0.1, 0.15) is 24.5 Å². The van der Waals surface area contributed by atoms with Gasteiger partial charge in [-0.15, -0.1) is 0 Å². The van der Waals surface area contributed by atoms with Crippen LogP contribution in [0, 0.1) is 13.8 Å². The lowest BCUT2D eigenvalue weighted by atomic mass is 10.1. The van der Waals surface area contributed by atoms with Crippen LogP contribution >= 0.6 is 0 Å². The van der Waals surface area contributed by atoms with Gasteiger partial charge in [-0.3, -0.25) is 4.79 Å². The average Bonchev–Trinajstić information content (AvgIpc) is 2.22. The van der Waals surface area contributed by atoms with Gasteiger partial charge in [0.25, 0.3) is 0 Å². The first kappa shape index (κ1) is 15.3. The first-order valence-electron chi connectivity index (χ1n) is 5.83. The summed E-state index contributed by atoms with van der Waals surface area (Å²) in [4.78, 5) is 11.2. The van der Waals surface area contributed by atoms with E-state index in [1.165, 1.54) is 0 Å². The Labute approximate surface area is 109 Å². The Kier molecular flexibility index (Phi) is 4.80. The molecule has 0 aliphatic carbocycles. The number of alkyl halides is 3. The lowest BCUT2D eigenvalue weighted by Gasteiger charge is -2.14. The quantitative estimate of drug-likeness (QED) is 0.911. The fourth-order valence-corrected chi connectivity index (χ4v) is 1.61. The molecule has 1 rings (SSSR count). The highest BCUT2D eigenvalue weighted by molar-refractivity contribution is 5.92. The van der Waals surface area contributed by atoms with Crippen molar-refractivity contribution in [1.29, 1.82) is 0 Å². The van der Waals surface area contributed by atoms with E-state index in [-0.39, 0.29) is 0 Å². The Morgan fingerprint density at radius 2 is 1.89 bits per heavy atom. The van der Waals surface area contributed by atoms with E-state index in [9.17, 15) is 18.0 Å². The van der Waals surface area contributed by atoms with Crippen LogP contribution < -0.4 is 10.1 Å². The minimum atomic E-state index is -4.50. The number of carbonyl (C=O) groups excluding carboxylic acids is 1. The number of aryl methyl sites for hydroxylation is 2. The Morgan fingerprint density at radius 1 is 1.26 bits per heavy atom. The second-order valence-electron chi connectivity index (χ2n) is 4.21. The third kappa shape index (κ3) is 4.81. The van der Waals surface area contributed by atoms with Gasteiger partial charge in [0.15, 0.2) is 0 Å². The molecule has 0 aromatic heterocycles. The van der Waals surface area contributed by atoms with Crippen molar-refractivity contribution in [2.45, 2.75) is 33.4 Å². The highest BCUT2D eigenvalue weighted by atomic mass is 19.4. The molecular weight excluding hydrogens is 259 g/mol. The molecule has 0 bridgehead atoms. The molecule has 1 N–H and O–H groups in total. The molecule has 0 atom stereocenters. The van der Waals surface area contributed by atoms with E-state index in [0.29, 0.717) is 23.6 Å². The molecular formula is C13H16F3NO2. The van der Waals surface area contributed by atoms with Crippen LogP contribution in [-0.2, 0) is 4.79 Å². The maximum atomic E-state index is 12.1. The lowest BCUT2D eigenvalue weighted by Crippen LogP contribution is -2.21. The number of amides is 1. The third-order valence-corrected chi connectivity index (χ3v) is 2.46. The van der Waals surface area contributed by atoms with Gasteiger partial charge in [-0.05, 0) is 44.0 Å². The number of hydrogen-bond acceptors (Lipinski definition) is 2. The highest BCUT2D eigenvalue weighted by Crippen LogP contribution is 2.27. The van der Waals surface area contributed by atoms with E-state index in [1.54, 1.807) is 26.0 Å².